The highest BCUT2D eigenvalue weighted by Crippen LogP contribution is 2.23. The summed E-state index contributed by atoms with van der Waals surface area (Å²) in [6.07, 6.45) is 2.40. The summed E-state index contributed by atoms with van der Waals surface area (Å²) in [4.78, 5) is 11.5. The number of para-hydroxylation sites is 1. The minimum Gasteiger partial charge on any atom is -0.505 e. The number of anilines is 1. The second kappa shape index (κ2) is 5.05. The molecule has 0 saturated carbocycles. The first-order valence-electron chi connectivity index (χ1n) is 4.63. The van der Waals surface area contributed by atoms with E-state index >= 15 is 0 Å². The van der Waals surface area contributed by atoms with Gasteiger partial charge in [-0.2, -0.15) is 0 Å². The van der Waals surface area contributed by atoms with Gasteiger partial charge in [-0.15, -0.1) is 6.58 Å². The third-order valence-electron chi connectivity index (χ3n) is 1.95. The maximum absolute atomic E-state index is 11.5. The fourth-order valence-corrected chi connectivity index (χ4v) is 1.13. The smallest absolute Gasteiger partial charge is 0.255 e. The Balaban J connectivity index is 2.73. The Morgan fingerprint density at radius 3 is 3.00 bits per heavy atom. The number of phenols is 1. The summed E-state index contributed by atoms with van der Waals surface area (Å²) in [6, 6.07) is 4.68. The van der Waals surface area contributed by atoms with Gasteiger partial charge in [0, 0.05) is 6.54 Å². The van der Waals surface area contributed by atoms with Gasteiger partial charge in [-0.25, -0.2) is 0 Å². The number of nitrogen functional groups attached to an aromatic ring is 1. The first-order valence-corrected chi connectivity index (χ1v) is 4.63. The molecular weight excluding hydrogens is 192 g/mol. The van der Waals surface area contributed by atoms with E-state index in [-0.39, 0.29) is 22.9 Å². The van der Waals surface area contributed by atoms with Crippen molar-refractivity contribution in [2.24, 2.45) is 0 Å². The van der Waals surface area contributed by atoms with Crippen LogP contribution in [0.15, 0.2) is 30.9 Å². The number of nitrogens with two attached hydrogens (primary N) is 1. The number of aromatic hydroxyl groups is 1. The highest BCUT2D eigenvalue weighted by Gasteiger charge is 2.11. The highest BCUT2D eigenvalue weighted by molar-refractivity contribution is 5.98. The molecule has 1 aromatic rings. The van der Waals surface area contributed by atoms with E-state index in [4.69, 9.17) is 5.73 Å². The highest BCUT2D eigenvalue weighted by atomic mass is 16.3. The lowest BCUT2D eigenvalue weighted by Gasteiger charge is -2.06. The molecule has 0 unspecified atom stereocenters. The third kappa shape index (κ3) is 2.74. The van der Waals surface area contributed by atoms with Crippen molar-refractivity contribution in [1.82, 2.24) is 5.32 Å². The summed E-state index contributed by atoms with van der Waals surface area (Å²) in [5, 5.41) is 12.2. The summed E-state index contributed by atoms with van der Waals surface area (Å²) >= 11 is 0. The minimum atomic E-state index is -0.332. The number of nitrogens with one attached hydrogen (secondary N) is 1. The lowest BCUT2D eigenvalue weighted by molar-refractivity contribution is 0.0952. The molecule has 0 aliphatic rings. The van der Waals surface area contributed by atoms with Gasteiger partial charge in [0.2, 0.25) is 0 Å². The summed E-state index contributed by atoms with van der Waals surface area (Å²) in [7, 11) is 0. The molecule has 4 heteroatoms. The maximum atomic E-state index is 11.5. The molecule has 0 fully saturated rings. The average Bonchev–Trinajstić information content (AvgIpc) is 2.22. The number of benzene rings is 1. The average molecular weight is 206 g/mol. The first kappa shape index (κ1) is 11.1. The number of carbonyl (C=O) groups excluding carboxylic acids is 1. The normalized spacial score (nSPS) is 9.60. The second-order valence-electron chi connectivity index (χ2n) is 3.08. The monoisotopic (exact) mass is 206 g/mol. The predicted octanol–water partition coefficient (Wildman–Crippen LogP) is 1.28. The van der Waals surface area contributed by atoms with Crippen LogP contribution in [-0.2, 0) is 0 Å². The standard InChI is InChI=1S/C11H14N2O2/c1-2-3-7-13-11(15)8-5-4-6-9(12)10(8)14/h2,4-6,14H,1,3,7,12H2,(H,13,15). The van der Waals surface area contributed by atoms with Gasteiger partial charge in [0.05, 0.1) is 11.3 Å². The van der Waals surface area contributed by atoms with Gasteiger partial charge in [-0.1, -0.05) is 12.1 Å². The molecule has 1 amide bonds. The maximum Gasteiger partial charge on any atom is 0.255 e. The SMILES string of the molecule is C=CCCNC(=O)c1cccc(N)c1O. The van der Waals surface area contributed by atoms with Crippen LogP contribution in [-0.4, -0.2) is 17.6 Å². The Morgan fingerprint density at radius 1 is 1.60 bits per heavy atom. The fourth-order valence-electron chi connectivity index (χ4n) is 1.13. The molecule has 0 aromatic heterocycles. The van der Waals surface area contributed by atoms with Crippen LogP contribution in [0.4, 0.5) is 5.69 Å². The van der Waals surface area contributed by atoms with Crippen molar-refractivity contribution < 1.29 is 9.90 Å². The zero-order valence-electron chi connectivity index (χ0n) is 8.36. The van der Waals surface area contributed by atoms with Crippen LogP contribution in [0.3, 0.4) is 0 Å². The minimum absolute atomic E-state index is 0.173. The Labute approximate surface area is 88.4 Å². The van der Waals surface area contributed by atoms with E-state index in [2.05, 4.69) is 11.9 Å². The van der Waals surface area contributed by atoms with E-state index < -0.39 is 0 Å². The molecule has 4 N–H and O–H groups in total. The Hall–Kier alpha value is -1.97. The van der Waals surface area contributed by atoms with Crippen LogP contribution in [0.25, 0.3) is 0 Å². The van der Waals surface area contributed by atoms with Crippen molar-refractivity contribution in [2.45, 2.75) is 6.42 Å². The van der Waals surface area contributed by atoms with E-state index in [9.17, 15) is 9.90 Å². The zero-order chi connectivity index (χ0) is 11.3. The summed E-state index contributed by atoms with van der Waals surface area (Å²) < 4.78 is 0. The van der Waals surface area contributed by atoms with Crippen LogP contribution in [0.2, 0.25) is 0 Å². The molecule has 80 valence electrons. The van der Waals surface area contributed by atoms with Gasteiger partial charge >= 0.3 is 0 Å². The summed E-state index contributed by atoms with van der Waals surface area (Å²) in [6.45, 7) is 4.04. The van der Waals surface area contributed by atoms with Gasteiger partial charge in [0.15, 0.2) is 5.75 Å². The van der Waals surface area contributed by atoms with Crippen molar-refractivity contribution >= 4 is 11.6 Å². The van der Waals surface area contributed by atoms with E-state index in [1.807, 2.05) is 0 Å². The van der Waals surface area contributed by atoms with Gasteiger partial charge in [0.25, 0.3) is 5.91 Å². The molecule has 0 atom stereocenters. The van der Waals surface area contributed by atoms with Gasteiger partial charge in [0.1, 0.15) is 0 Å². The number of rotatable bonds is 4. The molecule has 0 aliphatic carbocycles. The van der Waals surface area contributed by atoms with Crippen LogP contribution < -0.4 is 11.1 Å². The van der Waals surface area contributed by atoms with Crippen molar-refractivity contribution in [3.05, 3.63) is 36.4 Å². The van der Waals surface area contributed by atoms with Gasteiger partial charge in [-0.3, -0.25) is 4.79 Å². The van der Waals surface area contributed by atoms with Gasteiger partial charge in [-0.05, 0) is 18.6 Å². The molecule has 15 heavy (non-hydrogen) atoms. The molecule has 1 aromatic carbocycles. The Kier molecular flexibility index (Phi) is 3.74. The van der Waals surface area contributed by atoms with E-state index in [0.717, 1.165) is 0 Å². The topological polar surface area (TPSA) is 75.4 Å². The molecule has 4 nitrogen and oxygen atoms in total. The second-order valence-corrected chi connectivity index (χ2v) is 3.08. The van der Waals surface area contributed by atoms with E-state index in [1.54, 1.807) is 12.1 Å². The van der Waals surface area contributed by atoms with Crippen LogP contribution >= 0.6 is 0 Å². The van der Waals surface area contributed by atoms with Crippen molar-refractivity contribution in [3.8, 4) is 5.75 Å². The van der Waals surface area contributed by atoms with E-state index in [0.29, 0.717) is 13.0 Å². The molecule has 0 aliphatic heterocycles. The van der Waals surface area contributed by atoms with Crippen LogP contribution in [0.5, 0.6) is 5.75 Å². The van der Waals surface area contributed by atoms with Crippen molar-refractivity contribution in [2.75, 3.05) is 12.3 Å². The van der Waals surface area contributed by atoms with Crippen molar-refractivity contribution in [1.29, 1.82) is 0 Å². The lowest BCUT2D eigenvalue weighted by Crippen LogP contribution is -2.24. The molecule has 0 saturated heterocycles. The quantitative estimate of drug-likeness (QED) is 0.300. The van der Waals surface area contributed by atoms with Crippen LogP contribution in [0, 0.1) is 0 Å². The molecule has 1 rings (SSSR count). The molecule has 0 spiro atoms. The van der Waals surface area contributed by atoms with E-state index in [1.165, 1.54) is 12.1 Å². The third-order valence-corrected chi connectivity index (χ3v) is 1.95. The van der Waals surface area contributed by atoms with Gasteiger partial charge < -0.3 is 16.2 Å². The predicted molar refractivity (Wildman–Crippen MR) is 59.7 cm³/mol. The molecule has 0 bridgehead atoms. The number of amides is 1. The number of hydrogen-bond donors (Lipinski definition) is 3. The number of hydrogen-bond acceptors (Lipinski definition) is 3. The molecule has 0 radical (unpaired) electrons. The van der Waals surface area contributed by atoms with Crippen molar-refractivity contribution in [3.63, 3.8) is 0 Å². The fraction of sp³-hybridized carbons (Fsp3) is 0.182. The zero-order valence-corrected chi connectivity index (χ0v) is 8.36. The largest absolute Gasteiger partial charge is 0.505 e. The number of carbonyl (C=O) groups is 1. The summed E-state index contributed by atoms with van der Waals surface area (Å²) in [5.41, 5.74) is 5.86. The number of phenolic OH excluding ortho intramolecular Hbond substituents is 1. The molecule has 0 heterocycles. The summed E-state index contributed by atoms with van der Waals surface area (Å²) in [5.74, 6) is -0.504. The first-order chi connectivity index (χ1) is 7.16. The van der Waals surface area contributed by atoms with Crippen LogP contribution in [0.1, 0.15) is 16.8 Å². The lowest BCUT2D eigenvalue weighted by atomic mass is 10.1. The Morgan fingerprint density at radius 2 is 2.33 bits per heavy atom. The Bertz CT molecular complexity index is 375. The molecular formula is C11H14N2O2.